The highest BCUT2D eigenvalue weighted by molar-refractivity contribution is 9.10. The molecular weight excluding hydrogens is 305 g/mol. The maximum Gasteiger partial charge on any atom is 0.320 e. The number of halogens is 2. The molecule has 0 unspecified atom stereocenters. The standard InChI is InChI=1S/C12H13BrClNO2/c13-10-6-9(14)4-3-8(10)7-15-5-1-2-11(15)12(16)17/h3-4,6,11H,1-2,5,7H2,(H,16,17)/t11-/m0/s1. The summed E-state index contributed by atoms with van der Waals surface area (Å²) in [5.41, 5.74) is 1.07. The van der Waals surface area contributed by atoms with E-state index in [1.54, 1.807) is 0 Å². The van der Waals surface area contributed by atoms with E-state index in [1.165, 1.54) is 0 Å². The smallest absolute Gasteiger partial charge is 0.320 e. The number of hydrogen-bond donors (Lipinski definition) is 1. The summed E-state index contributed by atoms with van der Waals surface area (Å²) in [6, 6.07) is 5.25. The van der Waals surface area contributed by atoms with Crippen molar-refractivity contribution < 1.29 is 9.90 Å². The first-order valence-electron chi connectivity index (χ1n) is 5.48. The lowest BCUT2D eigenvalue weighted by molar-refractivity contribution is -0.142. The van der Waals surface area contributed by atoms with Crippen LogP contribution in [0.15, 0.2) is 22.7 Å². The number of carbonyl (C=O) groups is 1. The maximum absolute atomic E-state index is 11.1. The van der Waals surface area contributed by atoms with Gasteiger partial charge in [0.1, 0.15) is 6.04 Å². The highest BCUT2D eigenvalue weighted by atomic mass is 79.9. The van der Waals surface area contributed by atoms with Gasteiger partial charge in [0, 0.05) is 16.0 Å². The second-order valence-electron chi connectivity index (χ2n) is 4.20. The quantitative estimate of drug-likeness (QED) is 0.930. The summed E-state index contributed by atoms with van der Waals surface area (Å²) in [5, 5.41) is 9.78. The van der Waals surface area contributed by atoms with Crippen molar-refractivity contribution >= 4 is 33.5 Å². The molecule has 1 aliphatic heterocycles. The highest BCUT2D eigenvalue weighted by Crippen LogP contribution is 2.26. The Morgan fingerprint density at radius 3 is 3.00 bits per heavy atom. The number of nitrogens with zero attached hydrogens (tertiary/aromatic N) is 1. The molecule has 0 aromatic heterocycles. The van der Waals surface area contributed by atoms with E-state index in [-0.39, 0.29) is 6.04 Å². The van der Waals surface area contributed by atoms with Crippen molar-refractivity contribution in [1.82, 2.24) is 4.90 Å². The van der Waals surface area contributed by atoms with Crippen LogP contribution in [0.3, 0.4) is 0 Å². The third kappa shape index (κ3) is 3.00. The Hall–Kier alpha value is -0.580. The van der Waals surface area contributed by atoms with Crippen LogP contribution in [0.25, 0.3) is 0 Å². The van der Waals surface area contributed by atoms with Gasteiger partial charge in [-0.1, -0.05) is 33.6 Å². The van der Waals surface area contributed by atoms with Crippen LogP contribution >= 0.6 is 27.5 Å². The lowest BCUT2D eigenvalue weighted by atomic mass is 10.2. The van der Waals surface area contributed by atoms with Crippen LogP contribution in [0.4, 0.5) is 0 Å². The average Bonchev–Trinajstić information content (AvgIpc) is 2.70. The molecule has 0 bridgehead atoms. The zero-order valence-corrected chi connectivity index (χ0v) is 11.5. The fourth-order valence-electron chi connectivity index (χ4n) is 2.16. The monoisotopic (exact) mass is 317 g/mol. The number of likely N-dealkylation sites (tertiary alicyclic amines) is 1. The molecule has 1 aliphatic rings. The summed E-state index contributed by atoms with van der Waals surface area (Å²) in [5.74, 6) is -0.729. The summed E-state index contributed by atoms with van der Waals surface area (Å²) in [7, 11) is 0. The van der Waals surface area contributed by atoms with Gasteiger partial charge in [0.05, 0.1) is 0 Å². The summed E-state index contributed by atoms with van der Waals surface area (Å²) >= 11 is 9.33. The Morgan fingerprint density at radius 1 is 1.59 bits per heavy atom. The molecule has 2 rings (SSSR count). The van der Waals surface area contributed by atoms with Crippen LogP contribution in [0.1, 0.15) is 18.4 Å². The molecule has 1 heterocycles. The van der Waals surface area contributed by atoms with E-state index >= 15 is 0 Å². The van der Waals surface area contributed by atoms with E-state index in [2.05, 4.69) is 15.9 Å². The fourth-order valence-corrected chi connectivity index (χ4v) is 2.97. The lowest BCUT2D eigenvalue weighted by Gasteiger charge is -2.21. The largest absolute Gasteiger partial charge is 0.480 e. The number of carboxylic acid groups (broad SMARTS) is 1. The van der Waals surface area contributed by atoms with Gasteiger partial charge in [-0.2, -0.15) is 0 Å². The molecule has 0 amide bonds. The summed E-state index contributed by atoms with van der Waals surface area (Å²) < 4.78 is 0.932. The van der Waals surface area contributed by atoms with Gasteiger partial charge in [-0.25, -0.2) is 0 Å². The van der Waals surface area contributed by atoms with Crippen molar-refractivity contribution in [3.05, 3.63) is 33.3 Å². The second-order valence-corrected chi connectivity index (χ2v) is 5.49. The van der Waals surface area contributed by atoms with Gasteiger partial charge in [-0.15, -0.1) is 0 Å². The van der Waals surface area contributed by atoms with E-state index in [0.717, 1.165) is 29.4 Å². The summed E-state index contributed by atoms with van der Waals surface area (Å²) in [6.45, 7) is 1.49. The number of carboxylic acids is 1. The van der Waals surface area contributed by atoms with E-state index in [9.17, 15) is 4.79 Å². The Kier molecular flexibility index (Phi) is 4.07. The Balaban J connectivity index is 2.12. The SMILES string of the molecule is O=C(O)[C@@H]1CCCN1Cc1ccc(Cl)cc1Br. The molecule has 0 aliphatic carbocycles. The first kappa shape index (κ1) is 12.9. The minimum Gasteiger partial charge on any atom is -0.480 e. The number of benzene rings is 1. The number of rotatable bonds is 3. The van der Waals surface area contributed by atoms with Crippen LogP contribution in [-0.4, -0.2) is 28.6 Å². The molecule has 1 fully saturated rings. The molecule has 5 heteroatoms. The molecule has 1 saturated heterocycles. The van der Waals surface area contributed by atoms with Crippen LogP contribution in [0.2, 0.25) is 5.02 Å². The molecule has 92 valence electrons. The van der Waals surface area contributed by atoms with Crippen molar-refractivity contribution in [2.24, 2.45) is 0 Å². The van der Waals surface area contributed by atoms with Gasteiger partial charge in [-0.05, 0) is 37.1 Å². The topological polar surface area (TPSA) is 40.5 Å². The molecule has 1 aromatic carbocycles. The molecule has 0 spiro atoms. The van der Waals surface area contributed by atoms with Crippen LogP contribution in [0.5, 0.6) is 0 Å². The van der Waals surface area contributed by atoms with E-state index in [0.29, 0.717) is 11.6 Å². The third-order valence-electron chi connectivity index (χ3n) is 3.04. The van der Waals surface area contributed by atoms with Crippen LogP contribution in [0, 0.1) is 0 Å². The molecule has 1 N–H and O–H groups in total. The van der Waals surface area contributed by atoms with Gasteiger partial charge in [0.15, 0.2) is 0 Å². The molecule has 1 aromatic rings. The minimum atomic E-state index is -0.729. The Bertz CT molecular complexity index is 439. The van der Waals surface area contributed by atoms with E-state index < -0.39 is 5.97 Å². The maximum atomic E-state index is 11.1. The zero-order valence-electron chi connectivity index (χ0n) is 9.20. The first-order valence-corrected chi connectivity index (χ1v) is 6.66. The molecule has 1 atom stereocenters. The van der Waals surface area contributed by atoms with E-state index in [4.69, 9.17) is 16.7 Å². The van der Waals surface area contributed by atoms with Gasteiger partial charge in [0.25, 0.3) is 0 Å². The minimum absolute atomic E-state index is 0.349. The van der Waals surface area contributed by atoms with Crippen molar-refractivity contribution in [2.75, 3.05) is 6.54 Å². The van der Waals surface area contributed by atoms with Gasteiger partial charge >= 0.3 is 5.97 Å². The average molecular weight is 319 g/mol. The third-order valence-corrected chi connectivity index (χ3v) is 4.01. The molecular formula is C12H13BrClNO2. The normalized spacial score (nSPS) is 20.7. The van der Waals surface area contributed by atoms with Gasteiger partial charge in [0.2, 0.25) is 0 Å². The van der Waals surface area contributed by atoms with E-state index in [1.807, 2.05) is 23.1 Å². The highest BCUT2D eigenvalue weighted by Gasteiger charge is 2.30. The molecule has 3 nitrogen and oxygen atoms in total. The fraction of sp³-hybridized carbons (Fsp3) is 0.417. The first-order chi connectivity index (χ1) is 8.08. The number of aliphatic carboxylic acids is 1. The zero-order chi connectivity index (χ0) is 12.4. The molecule has 0 saturated carbocycles. The van der Waals surface area contributed by atoms with Crippen LogP contribution in [-0.2, 0) is 11.3 Å². The predicted octanol–water partition coefficient (Wildman–Crippen LogP) is 3.15. The van der Waals surface area contributed by atoms with Gasteiger partial charge in [-0.3, -0.25) is 9.69 Å². The van der Waals surface area contributed by atoms with Gasteiger partial charge < -0.3 is 5.11 Å². The van der Waals surface area contributed by atoms with Crippen molar-refractivity contribution in [3.8, 4) is 0 Å². The Labute approximate surface area is 114 Å². The lowest BCUT2D eigenvalue weighted by Crippen LogP contribution is -2.35. The van der Waals surface area contributed by atoms with Crippen molar-refractivity contribution in [3.63, 3.8) is 0 Å². The van der Waals surface area contributed by atoms with Crippen molar-refractivity contribution in [1.29, 1.82) is 0 Å². The molecule has 17 heavy (non-hydrogen) atoms. The van der Waals surface area contributed by atoms with Crippen LogP contribution < -0.4 is 0 Å². The number of hydrogen-bond acceptors (Lipinski definition) is 2. The Morgan fingerprint density at radius 2 is 2.35 bits per heavy atom. The second kappa shape index (κ2) is 5.38. The predicted molar refractivity (Wildman–Crippen MR) is 70.2 cm³/mol. The summed E-state index contributed by atoms with van der Waals surface area (Å²) in [4.78, 5) is 13.1. The summed E-state index contributed by atoms with van der Waals surface area (Å²) in [6.07, 6.45) is 1.68. The van der Waals surface area contributed by atoms with Crippen molar-refractivity contribution in [2.45, 2.75) is 25.4 Å². The molecule has 0 radical (unpaired) electrons.